The van der Waals surface area contributed by atoms with Gasteiger partial charge in [0.1, 0.15) is 5.75 Å². The number of ether oxygens (including phenoxy) is 1. The van der Waals surface area contributed by atoms with E-state index in [0.717, 1.165) is 40.5 Å². The van der Waals surface area contributed by atoms with Crippen molar-refractivity contribution in [2.24, 2.45) is 0 Å². The Kier molecular flexibility index (Phi) is 9.26. The Morgan fingerprint density at radius 1 is 0.897 bits per heavy atom. The fraction of sp³-hybridized carbons (Fsp3) is 0.273. The summed E-state index contributed by atoms with van der Waals surface area (Å²) in [6.45, 7) is 3.87. The monoisotopic (exact) mass is 543 g/mol. The molecule has 4 rings (SSSR count). The van der Waals surface area contributed by atoms with Crippen LogP contribution >= 0.6 is 11.6 Å². The molecule has 1 amide bonds. The third-order valence-corrected chi connectivity index (χ3v) is 7.42. The van der Waals surface area contributed by atoms with Crippen LogP contribution in [0.4, 0.5) is 0 Å². The number of carboxylic acid groups (broad SMARTS) is 1. The number of methoxy groups -OCH3 is 1. The molecule has 2 N–H and O–H groups in total. The minimum Gasteiger partial charge on any atom is -0.496 e. The highest BCUT2D eigenvalue weighted by Gasteiger charge is 2.28. The van der Waals surface area contributed by atoms with Gasteiger partial charge in [-0.15, -0.1) is 0 Å². The minimum atomic E-state index is -0.945. The minimum absolute atomic E-state index is 0.0355. The summed E-state index contributed by atoms with van der Waals surface area (Å²) in [7, 11) is 1.69. The van der Waals surface area contributed by atoms with Crippen molar-refractivity contribution in [1.29, 1.82) is 0 Å². The summed E-state index contributed by atoms with van der Waals surface area (Å²) in [5.41, 5.74) is 4.00. The van der Waals surface area contributed by atoms with E-state index in [1.165, 1.54) is 5.56 Å². The zero-order chi connectivity index (χ0) is 27.9. The van der Waals surface area contributed by atoms with Gasteiger partial charge in [-0.25, -0.2) is 0 Å². The first-order valence-corrected chi connectivity index (χ1v) is 13.6. The molecule has 6 heteroatoms. The van der Waals surface area contributed by atoms with Crippen molar-refractivity contribution in [2.75, 3.05) is 7.11 Å². The van der Waals surface area contributed by atoms with Gasteiger partial charge >= 0.3 is 5.97 Å². The van der Waals surface area contributed by atoms with Crippen LogP contribution in [0.5, 0.6) is 5.75 Å². The predicted octanol–water partition coefficient (Wildman–Crippen LogP) is 7.81. The maximum Gasteiger partial charge on any atom is 0.305 e. The number of aliphatic carboxylic acids is 1. The van der Waals surface area contributed by atoms with Crippen LogP contribution in [0.1, 0.15) is 72.0 Å². The van der Waals surface area contributed by atoms with Gasteiger partial charge < -0.3 is 15.2 Å². The Hall–Kier alpha value is -3.83. The van der Waals surface area contributed by atoms with E-state index in [2.05, 4.69) is 48.6 Å². The number of hydrogen-bond acceptors (Lipinski definition) is 3. The summed E-state index contributed by atoms with van der Waals surface area (Å²) in [6, 6.07) is 27.8. The van der Waals surface area contributed by atoms with Crippen molar-refractivity contribution >= 4 is 34.2 Å². The van der Waals surface area contributed by atoms with E-state index >= 15 is 0 Å². The molecular weight excluding hydrogens is 510 g/mol. The van der Waals surface area contributed by atoms with Crippen LogP contribution in [0.2, 0.25) is 5.02 Å². The fourth-order valence-electron chi connectivity index (χ4n) is 5.38. The van der Waals surface area contributed by atoms with Crippen LogP contribution < -0.4 is 10.1 Å². The van der Waals surface area contributed by atoms with Gasteiger partial charge in [0.05, 0.1) is 13.5 Å². The Morgan fingerprint density at radius 2 is 1.54 bits per heavy atom. The highest BCUT2D eigenvalue weighted by Crippen LogP contribution is 2.45. The van der Waals surface area contributed by atoms with Crippen LogP contribution in [0.3, 0.4) is 0 Å². The van der Waals surface area contributed by atoms with Crippen molar-refractivity contribution in [3.8, 4) is 5.75 Å². The predicted molar refractivity (Wildman–Crippen MR) is 157 cm³/mol. The van der Waals surface area contributed by atoms with E-state index < -0.39 is 12.0 Å². The number of carboxylic acids is 1. The lowest BCUT2D eigenvalue weighted by molar-refractivity contribution is -0.137. The highest BCUT2D eigenvalue weighted by molar-refractivity contribution is 6.30. The molecule has 202 valence electrons. The topological polar surface area (TPSA) is 75.6 Å². The quantitative estimate of drug-likeness (QED) is 0.202. The number of amides is 1. The lowest BCUT2D eigenvalue weighted by atomic mass is 9.74. The van der Waals surface area contributed by atoms with Gasteiger partial charge in [0.15, 0.2) is 0 Å². The fourth-order valence-corrected chi connectivity index (χ4v) is 5.51. The number of carbonyl (C=O) groups excluding carboxylic acids is 1. The number of nitrogens with one attached hydrogen (secondary N) is 1. The Balaban J connectivity index is 1.78. The largest absolute Gasteiger partial charge is 0.496 e. The molecule has 4 aromatic rings. The summed E-state index contributed by atoms with van der Waals surface area (Å²) < 4.78 is 5.67. The maximum absolute atomic E-state index is 12.7. The van der Waals surface area contributed by atoms with Gasteiger partial charge in [0.2, 0.25) is 0 Å². The SMILES string of the molecule is CCC[C@H](c1ccc(C(=O)NC(C)CC(=O)O)cc1)C(c1ccc(Cl)cc1)c1ccc(OC)c2ccccc12. The third-order valence-electron chi connectivity index (χ3n) is 7.16. The standard InChI is InChI=1S/C33H34ClNO4/c1-4-7-26(22-10-12-24(13-11-22)33(38)35-21(2)20-31(36)37)32(23-14-16-25(34)17-15-23)29-18-19-30(39-3)28-9-6-5-8-27(28)29/h5-6,8-19,21,26,32H,4,7,20H2,1-3H3,(H,35,38)(H,36,37)/t21?,26-,32?/m1/s1. The molecule has 0 spiro atoms. The van der Waals surface area contributed by atoms with Gasteiger partial charge in [-0.1, -0.05) is 79.5 Å². The van der Waals surface area contributed by atoms with E-state index in [-0.39, 0.29) is 24.2 Å². The van der Waals surface area contributed by atoms with E-state index in [4.69, 9.17) is 21.4 Å². The van der Waals surface area contributed by atoms with Gasteiger partial charge in [-0.05, 0) is 71.7 Å². The normalized spacial score (nSPS) is 13.4. The molecule has 39 heavy (non-hydrogen) atoms. The number of rotatable bonds is 11. The molecule has 3 atom stereocenters. The van der Waals surface area contributed by atoms with E-state index in [9.17, 15) is 9.59 Å². The number of benzene rings is 4. The van der Waals surface area contributed by atoms with Crippen molar-refractivity contribution in [2.45, 2.75) is 51.0 Å². The number of halogens is 1. The van der Waals surface area contributed by atoms with Gasteiger partial charge in [-0.3, -0.25) is 9.59 Å². The molecule has 5 nitrogen and oxygen atoms in total. The second-order valence-corrected chi connectivity index (χ2v) is 10.4. The molecule has 0 aromatic heterocycles. The molecule has 0 aliphatic rings. The van der Waals surface area contributed by atoms with Crippen LogP contribution in [0.15, 0.2) is 84.9 Å². The molecule has 4 aromatic carbocycles. The van der Waals surface area contributed by atoms with Gasteiger partial charge in [0.25, 0.3) is 5.91 Å². The summed E-state index contributed by atoms with van der Waals surface area (Å²) in [5, 5.41) is 14.7. The van der Waals surface area contributed by atoms with Crippen LogP contribution in [0.25, 0.3) is 10.8 Å². The molecular formula is C33H34ClNO4. The molecule has 2 unspecified atom stereocenters. The Labute approximate surface area is 234 Å². The number of carbonyl (C=O) groups is 2. The first-order chi connectivity index (χ1) is 18.8. The molecule has 0 saturated heterocycles. The molecule has 0 aliphatic carbocycles. The summed E-state index contributed by atoms with van der Waals surface area (Å²) >= 11 is 6.28. The summed E-state index contributed by atoms with van der Waals surface area (Å²) in [4.78, 5) is 23.7. The first-order valence-electron chi connectivity index (χ1n) is 13.3. The zero-order valence-corrected chi connectivity index (χ0v) is 23.2. The molecule has 0 radical (unpaired) electrons. The van der Waals surface area contributed by atoms with E-state index in [1.807, 2.05) is 48.5 Å². The van der Waals surface area contributed by atoms with Crippen molar-refractivity contribution < 1.29 is 19.4 Å². The second-order valence-electron chi connectivity index (χ2n) is 9.92. The number of hydrogen-bond donors (Lipinski definition) is 2. The Morgan fingerprint density at radius 3 is 2.15 bits per heavy atom. The van der Waals surface area contributed by atoms with Crippen LogP contribution in [0, 0.1) is 0 Å². The molecule has 0 heterocycles. The molecule has 0 aliphatic heterocycles. The zero-order valence-electron chi connectivity index (χ0n) is 22.5. The van der Waals surface area contributed by atoms with Crippen molar-refractivity contribution in [3.05, 3.63) is 112 Å². The van der Waals surface area contributed by atoms with Crippen molar-refractivity contribution in [3.63, 3.8) is 0 Å². The van der Waals surface area contributed by atoms with Crippen molar-refractivity contribution in [1.82, 2.24) is 5.32 Å². The molecule has 0 bridgehead atoms. The smallest absolute Gasteiger partial charge is 0.305 e. The highest BCUT2D eigenvalue weighted by atomic mass is 35.5. The van der Waals surface area contributed by atoms with E-state index in [1.54, 1.807) is 14.0 Å². The van der Waals surface area contributed by atoms with Gasteiger partial charge in [-0.2, -0.15) is 0 Å². The lowest BCUT2D eigenvalue weighted by Crippen LogP contribution is -2.34. The average molecular weight is 544 g/mol. The van der Waals surface area contributed by atoms with E-state index in [0.29, 0.717) is 10.6 Å². The van der Waals surface area contributed by atoms with Crippen LogP contribution in [-0.2, 0) is 4.79 Å². The molecule has 0 fully saturated rings. The second kappa shape index (κ2) is 12.8. The third kappa shape index (κ3) is 6.61. The van der Waals surface area contributed by atoms with Gasteiger partial charge in [0, 0.05) is 27.9 Å². The van der Waals surface area contributed by atoms with Crippen LogP contribution in [-0.4, -0.2) is 30.1 Å². The first kappa shape index (κ1) is 28.2. The average Bonchev–Trinajstić information content (AvgIpc) is 2.93. The Bertz CT molecular complexity index is 1430. The number of fused-ring (bicyclic) bond motifs is 1. The maximum atomic E-state index is 12.7. The molecule has 0 saturated carbocycles. The summed E-state index contributed by atoms with van der Waals surface area (Å²) in [6.07, 6.45) is 1.80. The summed E-state index contributed by atoms with van der Waals surface area (Å²) in [5.74, 6) is -0.217. The lowest BCUT2D eigenvalue weighted by Gasteiger charge is -2.30.